The van der Waals surface area contributed by atoms with Gasteiger partial charge in [0.05, 0.1) is 4.90 Å². The van der Waals surface area contributed by atoms with Crippen molar-refractivity contribution in [3.63, 3.8) is 0 Å². The number of hydrogen-bond acceptors (Lipinski definition) is 3. The minimum Gasteiger partial charge on any atom is -0.326 e. The SMILES string of the molecule is Cc1ccc(S(=O)(=O)N2CCCCC2)cc1NC(=O)C1CCC(C(C)(C)C)CC1. The number of piperidine rings is 1. The van der Waals surface area contributed by atoms with Gasteiger partial charge in [-0.05, 0) is 74.5 Å². The molecule has 162 valence electrons. The molecule has 29 heavy (non-hydrogen) atoms. The maximum Gasteiger partial charge on any atom is 0.243 e. The first-order chi connectivity index (χ1) is 13.6. The normalized spacial score (nSPS) is 24.3. The van der Waals surface area contributed by atoms with Gasteiger partial charge in [0.1, 0.15) is 0 Å². The number of hydrogen-bond donors (Lipinski definition) is 1. The van der Waals surface area contributed by atoms with Gasteiger partial charge in [-0.2, -0.15) is 4.31 Å². The molecule has 1 aliphatic heterocycles. The van der Waals surface area contributed by atoms with E-state index in [0.29, 0.717) is 24.7 Å². The molecule has 1 aromatic carbocycles. The number of benzene rings is 1. The second kappa shape index (κ2) is 8.76. The summed E-state index contributed by atoms with van der Waals surface area (Å²) < 4.78 is 27.5. The van der Waals surface area contributed by atoms with Crippen LogP contribution in [-0.2, 0) is 14.8 Å². The topological polar surface area (TPSA) is 66.5 Å². The molecule has 1 N–H and O–H groups in total. The smallest absolute Gasteiger partial charge is 0.243 e. The molecule has 2 aliphatic rings. The third kappa shape index (κ3) is 5.21. The number of nitrogens with zero attached hydrogens (tertiary/aromatic N) is 1. The van der Waals surface area contributed by atoms with Gasteiger partial charge in [0.15, 0.2) is 0 Å². The summed E-state index contributed by atoms with van der Waals surface area (Å²) in [5.74, 6) is 0.689. The van der Waals surface area contributed by atoms with Crippen LogP contribution in [0.15, 0.2) is 23.1 Å². The van der Waals surface area contributed by atoms with Gasteiger partial charge in [0.25, 0.3) is 0 Å². The Morgan fingerprint density at radius 2 is 1.66 bits per heavy atom. The molecule has 1 saturated carbocycles. The summed E-state index contributed by atoms with van der Waals surface area (Å²) in [5, 5.41) is 3.03. The highest BCUT2D eigenvalue weighted by Crippen LogP contribution is 2.40. The number of carbonyl (C=O) groups is 1. The molecule has 3 rings (SSSR count). The zero-order chi connectivity index (χ0) is 21.2. The molecule has 0 spiro atoms. The second-order valence-corrected chi connectivity index (χ2v) is 11.8. The van der Waals surface area contributed by atoms with Crippen LogP contribution in [0.3, 0.4) is 0 Å². The van der Waals surface area contributed by atoms with E-state index in [0.717, 1.165) is 50.5 Å². The van der Waals surface area contributed by atoms with Gasteiger partial charge in [-0.25, -0.2) is 8.42 Å². The van der Waals surface area contributed by atoms with Crippen LogP contribution in [0, 0.1) is 24.2 Å². The Labute approximate surface area is 176 Å². The van der Waals surface area contributed by atoms with E-state index < -0.39 is 10.0 Å². The largest absolute Gasteiger partial charge is 0.326 e. The maximum atomic E-state index is 13.0. The Balaban J connectivity index is 1.70. The lowest BCUT2D eigenvalue weighted by molar-refractivity contribution is -0.121. The van der Waals surface area contributed by atoms with Crippen LogP contribution in [0.2, 0.25) is 0 Å². The van der Waals surface area contributed by atoms with Gasteiger partial charge < -0.3 is 5.32 Å². The fourth-order valence-corrected chi connectivity index (χ4v) is 6.15. The van der Waals surface area contributed by atoms with E-state index in [4.69, 9.17) is 0 Å². The highest BCUT2D eigenvalue weighted by Gasteiger charge is 2.33. The van der Waals surface area contributed by atoms with Gasteiger partial charge >= 0.3 is 0 Å². The van der Waals surface area contributed by atoms with E-state index >= 15 is 0 Å². The molecule has 0 atom stereocenters. The number of aryl methyl sites for hydroxylation is 1. The average molecular weight is 421 g/mol. The Morgan fingerprint density at radius 3 is 2.24 bits per heavy atom. The lowest BCUT2D eigenvalue weighted by atomic mass is 9.69. The summed E-state index contributed by atoms with van der Waals surface area (Å²) in [6.07, 6.45) is 6.85. The molecular weight excluding hydrogens is 384 g/mol. The van der Waals surface area contributed by atoms with E-state index in [9.17, 15) is 13.2 Å². The summed E-state index contributed by atoms with van der Waals surface area (Å²) in [7, 11) is -3.50. The summed E-state index contributed by atoms with van der Waals surface area (Å²) in [6.45, 7) is 9.88. The van der Waals surface area contributed by atoms with Crippen molar-refractivity contribution < 1.29 is 13.2 Å². The van der Waals surface area contributed by atoms with Gasteiger partial charge in [0, 0.05) is 24.7 Å². The maximum absolute atomic E-state index is 13.0. The Morgan fingerprint density at radius 1 is 1.03 bits per heavy atom. The van der Waals surface area contributed by atoms with E-state index in [1.165, 1.54) is 0 Å². The van der Waals surface area contributed by atoms with Crippen LogP contribution in [0.25, 0.3) is 0 Å². The lowest BCUT2D eigenvalue weighted by Gasteiger charge is -2.36. The standard InChI is InChI=1S/C23H36N2O3S/c1-17-8-13-20(29(27,28)25-14-6-5-7-15-25)16-21(17)24-22(26)18-9-11-19(12-10-18)23(2,3)4/h8,13,16,18-19H,5-7,9-12,14-15H2,1-4H3,(H,24,26). The summed E-state index contributed by atoms with van der Waals surface area (Å²) in [6, 6.07) is 5.09. The molecule has 0 bridgehead atoms. The first-order valence-corrected chi connectivity index (χ1v) is 12.4. The molecular formula is C23H36N2O3S. The van der Waals surface area contributed by atoms with Crippen molar-refractivity contribution in [2.75, 3.05) is 18.4 Å². The Kier molecular flexibility index (Phi) is 6.74. The summed E-state index contributed by atoms with van der Waals surface area (Å²) in [5.41, 5.74) is 1.79. The van der Waals surface area contributed by atoms with Crippen molar-refractivity contribution in [1.29, 1.82) is 0 Å². The highest BCUT2D eigenvalue weighted by atomic mass is 32.2. The predicted molar refractivity (Wildman–Crippen MR) is 117 cm³/mol. The van der Waals surface area contributed by atoms with Gasteiger partial charge in [-0.15, -0.1) is 0 Å². The minimum absolute atomic E-state index is 0.00959. The van der Waals surface area contributed by atoms with Crippen LogP contribution in [0.4, 0.5) is 5.69 Å². The number of amides is 1. The third-order valence-corrected chi connectivity index (χ3v) is 8.64. The second-order valence-electron chi connectivity index (χ2n) is 9.85. The molecule has 0 unspecified atom stereocenters. The zero-order valence-corrected chi connectivity index (χ0v) is 19.1. The monoisotopic (exact) mass is 420 g/mol. The molecule has 1 saturated heterocycles. The van der Waals surface area contributed by atoms with Gasteiger partial charge in [0.2, 0.25) is 15.9 Å². The number of carbonyl (C=O) groups excluding carboxylic acids is 1. The zero-order valence-electron chi connectivity index (χ0n) is 18.3. The van der Waals surface area contributed by atoms with Gasteiger partial charge in [-0.1, -0.05) is 33.3 Å². The van der Waals surface area contributed by atoms with E-state index in [-0.39, 0.29) is 22.1 Å². The van der Waals surface area contributed by atoms with Crippen LogP contribution < -0.4 is 5.32 Å². The first kappa shape index (κ1) is 22.3. The highest BCUT2D eigenvalue weighted by molar-refractivity contribution is 7.89. The number of nitrogens with one attached hydrogen (secondary N) is 1. The number of anilines is 1. The average Bonchev–Trinajstić information content (AvgIpc) is 2.69. The van der Waals surface area contributed by atoms with Crippen molar-refractivity contribution in [1.82, 2.24) is 4.31 Å². The predicted octanol–water partition coefficient (Wildman–Crippen LogP) is 4.96. The van der Waals surface area contributed by atoms with Crippen molar-refractivity contribution in [2.45, 2.75) is 77.5 Å². The van der Waals surface area contributed by atoms with Crippen LogP contribution in [-0.4, -0.2) is 31.7 Å². The van der Waals surface area contributed by atoms with Crippen molar-refractivity contribution >= 4 is 21.6 Å². The fraction of sp³-hybridized carbons (Fsp3) is 0.696. The molecule has 6 heteroatoms. The Hall–Kier alpha value is -1.40. The summed E-state index contributed by atoms with van der Waals surface area (Å²) in [4.78, 5) is 13.1. The van der Waals surface area contributed by atoms with E-state index in [1.807, 2.05) is 6.92 Å². The molecule has 0 aromatic heterocycles. The quantitative estimate of drug-likeness (QED) is 0.748. The lowest BCUT2D eigenvalue weighted by Crippen LogP contribution is -2.35. The molecule has 0 radical (unpaired) electrons. The molecule has 5 nitrogen and oxygen atoms in total. The molecule has 1 amide bonds. The van der Waals surface area contributed by atoms with Crippen LogP contribution in [0.1, 0.15) is 71.3 Å². The number of rotatable bonds is 4. The minimum atomic E-state index is -3.50. The summed E-state index contributed by atoms with van der Waals surface area (Å²) >= 11 is 0. The van der Waals surface area contributed by atoms with E-state index in [2.05, 4.69) is 26.1 Å². The fourth-order valence-electron chi connectivity index (χ4n) is 4.61. The van der Waals surface area contributed by atoms with Crippen LogP contribution in [0.5, 0.6) is 0 Å². The molecule has 2 fully saturated rings. The third-order valence-electron chi connectivity index (χ3n) is 6.74. The molecule has 1 aliphatic carbocycles. The molecule has 1 heterocycles. The van der Waals surface area contributed by atoms with Crippen LogP contribution >= 0.6 is 0 Å². The molecule has 1 aromatic rings. The number of sulfonamides is 1. The first-order valence-electron chi connectivity index (χ1n) is 11.0. The van der Waals surface area contributed by atoms with Crippen molar-refractivity contribution in [2.24, 2.45) is 17.3 Å². The Bertz CT molecular complexity index is 828. The van der Waals surface area contributed by atoms with Gasteiger partial charge in [-0.3, -0.25) is 4.79 Å². The van der Waals surface area contributed by atoms with E-state index in [1.54, 1.807) is 22.5 Å². The van der Waals surface area contributed by atoms with Crippen molar-refractivity contribution in [3.05, 3.63) is 23.8 Å². The van der Waals surface area contributed by atoms with Crippen molar-refractivity contribution in [3.8, 4) is 0 Å².